The fourth-order valence-electron chi connectivity index (χ4n) is 3.42. The minimum atomic E-state index is -0.164. The van der Waals surface area contributed by atoms with Gasteiger partial charge in [-0.25, -0.2) is 4.98 Å². The SMILES string of the molecule is Cc1nn(C)c2c1C(NC(=O)c1ccc3cn[nH]c3n1)CCC2. The number of carbonyl (C=O) groups excluding carboxylic acids is 1. The molecule has 0 radical (unpaired) electrons. The first-order chi connectivity index (χ1) is 11.1. The van der Waals surface area contributed by atoms with E-state index in [2.05, 4.69) is 25.6 Å². The van der Waals surface area contributed by atoms with Crippen LogP contribution in [0, 0.1) is 6.92 Å². The van der Waals surface area contributed by atoms with Gasteiger partial charge < -0.3 is 5.32 Å². The van der Waals surface area contributed by atoms with Gasteiger partial charge in [0.1, 0.15) is 5.69 Å². The Labute approximate surface area is 133 Å². The second-order valence-electron chi connectivity index (χ2n) is 5.99. The van der Waals surface area contributed by atoms with Gasteiger partial charge in [-0.1, -0.05) is 0 Å². The van der Waals surface area contributed by atoms with Gasteiger partial charge in [0.15, 0.2) is 5.65 Å². The van der Waals surface area contributed by atoms with Gasteiger partial charge in [0.05, 0.1) is 17.9 Å². The van der Waals surface area contributed by atoms with Crippen molar-refractivity contribution in [3.63, 3.8) is 0 Å². The van der Waals surface area contributed by atoms with E-state index in [0.29, 0.717) is 11.3 Å². The van der Waals surface area contributed by atoms with Gasteiger partial charge >= 0.3 is 0 Å². The maximum Gasteiger partial charge on any atom is 0.270 e. The van der Waals surface area contributed by atoms with E-state index in [-0.39, 0.29) is 11.9 Å². The first-order valence-electron chi connectivity index (χ1n) is 7.77. The normalized spacial score (nSPS) is 17.2. The maximum atomic E-state index is 12.6. The smallest absolute Gasteiger partial charge is 0.270 e. The van der Waals surface area contributed by atoms with Crippen molar-refractivity contribution in [2.45, 2.75) is 32.2 Å². The summed E-state index contributed by atoms with van der Waals surface area (Å²) in [6, 6.07) is 3.58. The van der Waals surface area contributed by atoms with Gasteiger partial charge in [0.2, 0.25) is 0 Å². The number of aryl methyl sites for hydroxylation is 2. The molecule has 0 aliphatic heterocycles. The number of carbonyl (C=O) groups is 1. The molecule has 0 saturated carbocycles. The van der Waals surface area contributed by atoms with Crippen molar-refractivity contribution in [2.24, 2.45) is 7.05 Å². The van der Waals surface area contributed by atoms with Crippen LogP contribution in [0.2, 0.25) is 0 Å². The molecule has 0 aromatic carbocycles. The first kappa shape index (κ1) is 13.9. The van der Waals surface area contributed by atoms with E-state index < -0.39 is 0 Å². The Kier molecular flexibility index (Phi) is 3.14. The third-order valence-corrected chi connectivity index (χ3v) is 4.48. The highest BCUT2D eigenvalue weighted by Gasteiger charge is 2.27. The number of aromatic nitrogens is 5. The van der Waals surface area contributed by atoms with Crippen molar-refractivity contribution >= 4 is 16.9 Å². The summed E-state index contributed by atoms with van der Waals surface area (Å²) >= 11 is 0. The summed E-state index contributed by atoms with van der Waals surface area (Å²) in [6.07, 6.45) is 4.68. The van der Waals surface area contributed by atoms with E-state index in [1.807, 2.05) is 24.7 Å². The molecule has 0 fully saturated rings. The topological polar surface area (TPSA) is 88.5 Å². The molecule has 1 aliphatic rings. The third kappa shape index (κ3) is 2.28. The Morgan fingerprint density at radius 3 is 3.17 bits per heavy atom. The largest absolute Gasteiger partial charge is 0.344 e. The van der Waals surface area contributed by atoms with E-state index in [0.717, 1.165) is 35.9 Å². The number of hydrogen-bond donors (Lipinski definition) is 2. The van der Waals surface area contributed by atoms with Gasteiger partial charge in [-0.05, 0) is 38.3 Å². The highest BCUT2D eigenvalue weighted by atomic mass is 16.1. The Balaban J connectivity index is 1.62. The number of fused-ring (bicyclic) bond motifs is 2. The van der Waals surface area contributed by atoms with Crippen LogP contribution in [-0.4, -0.2) is 30.9 Å². The van der Waals surface area contributed by atoms with Crippen molar-refractivity contribution in [1.82, 2.24) is 30.3 Å². The summed E-state index contributed by atoms with van der Waals surface area (Å²) in [5, 5.41) is 15.2. The van der Waals surface area contributed by atoms with Crippen molar-refractivity contribution < 1.29 is 4.79 Å². The van der Waals surface area contributed by atoms with Crippen molar-refractivity contribution in [1.29, 1.82) is 0 Å². The molecule has 118 valence electrons. The molecule has 1 amide bonds. The number of nitrogens with one attached hydrogen (secondary N) is 2. The molecule has 3 heterocycles. The van der Waals surface area contributed by atoms with E-state index in [1.54, 1.807) is 12.3 Å². The zero-order chi connectivity index (χ0) is 16.0. The molecular formula is C16H18N6O. The average molecular weight is 310 g/mol. The standard InChI is InChI=1S/C16H18N6O/c1-9-14-11(4-3-5-13(14)22(2)21-9)19-16(23)12-7-6-10-8-17-20-15(10)18-12/h6-8,11H,3-5H2,1-2H3,(H,19,23)(H,17,18,20). The summed E-state index contributed by atoms with van der Waals surface area (Å²) < 4.78 is 1.93. The predicted octanol–water partition coefficient (Wildman–Crippen LogP) is 1.81. The maximum absolute atomic E-state index is 12.6. The van der Waals surface area contributed by atoms with Crippen LogP contribution in [0.15, 0.2) is 18.3 Å². The lowest BCUT2D eigenvalue weighted by Gasteiger charge is -2.24. The van der Waals surface area contributed by atoms with Crippen molar-refractivity contribution in [3.05, 3.63) is 41.0 Å². The Bertz CT molecular complexity index is 893. The lowest BCUT2D eigenvalue weighted by atomic mass is 9.91. The summed E-state index contributed by atoms with van der Waals surface area (Å²) in [6.45, 7) is 2.00. The number of hydrogen-bond acceptors (Lipinski definition) is 4. The number of amides is 1. The number of H-pyrrole nitrogens is 1. The van der Waals surface area contributed by atoms with Crippen LogP contribution in [0.3, 0.4) is 0 Å². The zero-order valence-corrected chi connectivity index (χ0v) is 13.1. The summed E-state index contributed by atoms with van der Waals surface area (Å²) in [5.41, 5.74) is 4.39. The predicted molar refractivity (Wildman–Crippen MR) is 85.0 cm³/mol. The molecule has 4 rings (SSSR count). The van der Waals surface area contributed by atoms with Crippen LogP contribution in [0.1, 0.15) is 46.3 Å². The van der Waals surface area contributed by atoms with Crippen LogP contribution < -0.4 is 5.32 Å². The molecule has 23 heavy (non-hydrogen) atoms. The van der Waals surface area contributed by atoms with Crippen molar-refractivity contribution in [3.8, 4) is 0 Å². The fourth-order valence-corrected chi connectivity index (χ4v) is 3.42. The molecule has 2 N–H and O–H groups in total. The molecule has 7 heteroatoms. The Morgan fingerprint density at radius 2 is 2.30 bits per heavy atom. The molecule has 3 aromatic rings. The highest BCUT2D eigenvalue weighted by Crippen LogP contribution is 2.32. The minimum absolute atomic E-state index is 0.000728. The zero-order valence-electron chi connectivity index (χ0n) is 13.1. The molecule has 0 saturated heterocycles. The number of rotatable bonds is 2. The summed E-state index contributed by atoms with van der Waals surface area (Å²) in [5.74, 6) is -0.164. The molecular weight excluding hydrogens is 292 g/mol. The van der Waals surface area contributed by atoms with E-state index in [9.17, 15) is 4.79 Å². The quantitative estimate of drug-likeness (QED) is 0.755. The van der Waals surface area contributed by atoms with E-state index in [1.165, 1.54) is 5.69 Å². The van der Waals surface area contributed by atoms with E-state index >= 15 is 0 Å². The first-order valence-corrected chi connectivity index (χ1v) is 7.77. The second kappa shape index (κ2) is 5.19. The summed E-state index contributed by atoms with van der Waals surface area (Å²) in [7, 11) is 1.96. The average Bonchev–Trinajstić information content (AvgIpc) is 3.12. The molecule has 0 bridgehead atoms. The highest BCUT2D eigenvalue weighted by molar-refractivity contribution is 5.94. The van der Waals surface area contributed by atoms with E-state index in [4.69, 9.17) is 0 Å². The number of aromatic amines is 1. The van der Waals surface area contributed by atoms with Crippen LogP contribution in [0.5, 0.6) is 0 Å². The fraction of sp³-hybridized carbons (Fsp3) is 0.375. The van der Waals surface area contributed by atoms with Gasteiger partial charge in [-0.3, -0.25) is 14.6 Å². The summed E-state index contributed by atoms with van der Waals surface area (Å²) in [4.78, 5) is 16.9. The molecule has 7 nitrogen and oxygen atoms in total. The molecule has 1 aliphatic carbocycles. The lowest BCUT2D eigenvalue weighted by Crippen LogP contribution is -2.31. The number of pyridine rings is 1. The molecule has 1 unspecified atom stereocenters. The molecule has 0 spiro atoms. The van der Waals surface area contributed by atoms with Gasteiger partial charge in [0.25, 0.3) is 5.91 Å². The van der Waals surface area contributed by atoms with Gasteiger partial charge in [-0.2, -0.15) is 10.2 Å². The van der Waals surface area contributed by atoms with Gasteiger partial charge in [-0.15, -0.1) is 0 Å². The number of nitrogens with zero attached hydrogens (tertiary/aromatic N) is 4. The lowest BCUT2D eigenvalue weighted by molar-refractivity contribution is 0.0928. The van der Waals surface area contributed by atoms with Crippen LogP contribution >= 0.6 is 0 Å². The Hall–Kier alpha value is -2.70. The monoisotopic (exact) mass is 310 g/mol. The minimum Gasteiger partial charge on any atom is -0.344 e. The van der Waals surface area contributed by atoms with Crippen LogP contribution in [0.25, 0.3) is 11.0 Å². The molecule has 3 aromatic heterocycles. The second-order valence-corrected chi connectivity index (χ2v) is 5.99. The third-order valence-electron chi connectivity index (χ3n) is 4.48. The Morgan fingerprint density at radius 1 is 1.43 bits per heavy atom. The van der Waals surface area contributed by atoms with Crippen LogP contribution in [-0.2, 0) is 13.5 Å². The van der Waals surface area contributed by atoms with Gasteiger partial charge in [0, 0.05) is 23.7 Å². The van der Waals surface area contributed by atoms with Crippen LogP contribution in [0.4, 0.5) is 0 Å². The van der Waals surface area contributed by atoms with Crippen molar-refractivity contribution in [2.75, 3.05) is 0 Å². The molecule has 1 atom stereocenters.